The van der Waals surface area contributed by atoms with Crippen molar-refractivity contribution in [3.05, 3.63) is 12.7 Å². The van der Waals surface area contributed by atoms with Crippen LogP contribution in [0.2, 0.25) is 0 Å². The second-order valence-electron chi connectivity index (χ2n) is 2.42. The zero-order valence-corrected chi connectivity index (χ0v) is 7.98. The molecule has 0 heteroatoms. The topological polar surface area (TPSA) is 0 Å². The molecule has 0 aromatic carbocycles. The largest absolute Gasteiger partial charge is 0.103 e. The first-order valence-corrected chi connectivity index (χ1v) is 4.42. The van der Waals surface area contributed by atoms with E-state index in [0.717, 1.165) is 5.92 Å². The highest BCUT2D eigenvalue weighted by Crippen LogP contribution is 2.08. The number of allylic oxidation sites excluding steroid dienone is 1. The molecule has 0 aromatic heterocycles. The molecule has 0 aromatic rings. The Hall–Kier alpha value is -0.260. The molecule has 62 valence electrons. The summed E-state index contributed by atoms with van der Waals surface area (Å²) in [4.78, 5) is 0. The van der Waals surface area contributed by atoms with Crippen molar-refractivity contribution in [1.82, 2.24) is 0 Å². The van der Waals surface area contributed by atoms with Crippen molar-refractivity contribution >= 4 is 0 Å². The van der Waals surface area contributed by atoms with E-state index in [0.29, 0.717) is 0 Å². The van der Waals surface area contributed by atoms with Crippen LogP contribution in [0.1, 0.15) is 47.0 Å². The van der Waals surface area contributed by atoms with Crippen molar-refractivity contribution in [2.24, 2.45) is 5.92 Å². The molecule has 0 heterocycles. The molecule has 0 nitrogen and oxygen atoms in total. The van der Waals surface area contributed by atoms with Crippen LogP contribution in [-0.4, -0.2) is 0 Å². The van der Waals surface area contributed by atoms with Crippen LogP contribution in [0.3, 0.4) is 0 Å². The van der Waals surface area contributed by atoms with Gasteiger partial charge in [-0.05, 0) is 12.3 Å². The van der Waals surface area contributed by atoms with Gasteiger partial charge in [-0.2, -0.15) is 0 Å². The monoisotopic (exact) mass is 142 g/mol. The maximum atomic E-state index is 3.68. The van der Waals surface area contributed by atoms with Gasteiger partial charge in [0.1, 0.15) is 0 Å². The highest BCUT2D eigenvalue weighted by molar-refractivity contribution is 4.69. The third-order valence-electron chi connectivity index (χ3n) is 1.35. The zero-order chi connectivity index (χ0) is 8.41. The van der Waals surface area contributed by atoms with Gasteiger partial charge in [-0.3, -0.25) is 0 Å². The van der Waals surface area contributed by atoms with E-state index >= 15 is 0 Å². The van der Waals surface area contributed by atoms with E-state index in [2.05, 4.69) is 20.4 Å². The molecule has 0 aliphatic rings. The summed E-state index contributed by atoms with van der Waals surface area (Å²) in [5, 5.41) is 0. The summed E-state index contributed by atoms with van der Waals surface area (Å²) in [6.45, 7) is 12.2. The van der Waals surface area contributed by atoms with Gasteiger partial charge in [-0.1, -0.05) is 46.6 Å². The normalized spacial score (nSPS) is 11.2. The number of hydrogen-bond acceptors (Lipinski definition) is 0. The second kappa shape index (κ2) is 11.5. The van der Waals surface area contributed by atoms with Crippen LogP contribution in [-0.2, 0) is 0 Å². The Kier molecular flexibility index (Phi) is 14.3. The Labute approximate surface area is 66.3 Å². The van der Waals surface area contributed by atoms with Gasteiger partial charge in [-0.15, -0.1) is 6.58 Å². The molecular formula is C10H22. The molecule has 0 aliphatic carbocycles. The first kappa shape index (κ1) is 12.4. The molecule has 0 radical (unpaired) electrons. The van der Waals surface area contributed by atoms with E-state index < -0.39 is 0 Å². The Bertz CT molecular complexity index is 55.1. The maximum absolute atomic E-state index is 3.68. The molecule has 0 saturated carbocycles. The Balaban J connectivity index is 0. The van der Waals surface area contributed by atoms with E-state index in [1.165, 1.54) is 19.3 Å². The molecule has 0 rings (SSSR count). The summed E-state index contributed by atoms with van der Waals surface area (Å²) in [6, 6.07) is 0. The van der Waals surface area contributed by atoms with Gasteiger partial charge in [0.15, 0.2) is 0 Å². The highest BCUT2D eigenvalue weighted by Gasteiger charge is 1.94. The fourth-order valence-electron chi connectivity index (χ4n) is 0.895. The van der Waals surface area contributed by atoms with Gasteiger partial charge < -0.3 is 0 Å². The summed E-state index contributed by atoms with van der Waals surface area (Å²) < 4.78 is 0. The summed E-state index contributed by atoms with van der Waals surface area (Å²) in [6.07, 6.45) is 5.81. The lowest BCUT2D eigenvalue weighted by Gasteiger charge is -2.03. The van der Waals surface area contributed by atoms with Crippen molar-refractivity contribution in [2.45, 2.75) is 47.0 Å². The van der Waals surface area contributed by atoms with Gasteiger partial charge in [0.2, 0.25) is 0 Å². The standard InChI is InChI=1S/C8H16.C2H6/c1-4-6-8(3)7-5-2;1-2/h4,8H,1,5-7H2,2-3H3;1-2H3. The Morgan fingerprint density at radius 1 is 1.40 bits per heavy atom. The third kappa shape index (κ3) is 10.7. The number of rotatable bonds is 4. The maximum Gasteiger partial charge on any atom is -0.0328 e. The first-order valence-electron chi connectivity index (χ1n) is 4.42. The van der Waals surface area contributed by atoms with Crippen LogP contribution in [0.25, 0.3) is 0 Å². The SMILES string of the molecule is C=CCC(C)CCC.CC. The quantitative estimate of drug-likeness (QED) is 0.520. The zero-order valence-electron chi connectivity index (χ0n) is 7.98. The molecule has 0 bridgehead atoms. The van der Waals surface area contributed by atoms with Gasteiger partial charge in [0, 0.05) is 0 Å². The van der Waals surface area contributed by atoms with E-state index in [1.807, 2.05) is 19.9 Å². The van der Waals surface area contributed by atoms with Crippen molar-refractivity contribution in [2.75, 3.05) is 0 Å². The molecule has 0 spiro atoms. The van der Waals surface area contributed by atoms with Crippen LogP contribution in [0, 0.1) is 5.92 Å². The van der Waals surface area contributed by atoms with Crippen LogP contribution < -0.4 is 0 Å². The fourth-order valence-corrected chi connectivity index (χ4v) is 0.895. The molecule has 1 atom stereocenters. The predicted molar refractivity (Wildman–Crippen MR) is 50.2 cm³/mol. The molecule has 0 aliphatic heterocycles. The Morgan fingerprint density at radius 3 is 2.20 bits per heavy atom. The van der Waals surface area contributed by atoms with Gasteiger partial charge in [0.25, 0.3) is 0 Å². The minimum Gasteiger partial charge on any atom is -0.103 e. The van der Waals surface area contributed by atoms with Crippen molar-refractivity contribution in [1.29, 1.82) is 0 Å². The van der Waals surface area contributed by atoms with E-state index in [9.17, 15) is 0 Å². The molecule has 0 fully saturated rings. The van der Waals surface area contributed by atoms with Crippen molar-refractivity contribution < 1.29 is 0 Å². The Morgan fingerprint density at radius 2 is 1.90 bits per heavy atom. The summed E-state index contributed by atoms with van der Waals surface area (Å²) in [5.41, 5.74) is 0. The summed E-state index contributed by atoms with van der Waals surface area (Å²) in [5.74, 6) is 0.845. The van der Waals surface area contributed by atoms with Crippen LogP contribution in [0.15, 0.2) is 12.7 Å². The number of hydrogen-bond donors (Lipinski definition) is 0. The van der Waals surface area contributed by atoms with Crippen molar-refractivity contribution in [3.8, 4) is 0 Å². The van der Waals surface area contributed by atoms with Crippen LogP contribution >= 0.6 is 0 Å². The van der Waals surface area contributed by atoms with E-state index in [1.54, 1.807) is 0 Å². The van der Waals surface area contributed by atoms with Gasteiger partial charge in [-0.25, -0.2) is 0 Å². The minimum absolute atomic E-state index is 0.845. The predicted octanol–water partition coefficient (Wildman–Crippen LogP) is 4.02. The first-order chi connectivity index (χ1) is 4.81. The average molecular weight is 142 g/mol. The lowest BCUT2D eigenvalue weighted by Crippen LogP contribution is -1.89. The molecule has 0 amide bonds. The van der Waals surface area contributed by atoms with E-state index in [4.69, 9.17) is 0 Å². The summed E-state index contributed by atoms with van der Waals surface area (Å²) in [7, 11) is 0. The molecule has 1 unspecified atom stereocenters. The van der Waals surface area contributed by atoms with Crippen LogP contribution in [0.5, 0.6) is 0 Å². The highest BCUT2D eigenvalue weighted by atomic mass is 14.0. The van der Waals surface area contributed by atoms with Gasteiger partial charge >= 0.3 is 0 Å². The lowest BCUT2D eigenvalue weighted by molar-refractivity contribution is 0.532. The lowest BCUT2D eigenvalue weighted by atomic mass is 10.0. The third-order valence-corrected chi connectivity index (χ3v) is 1.35. The van der Waals surface area contributed by atoms with Crippen LogP contribution in [0.4, 0.5) is 0 Å². The molecule has 0 saturated heterocycles. The minimum atomic E-state index is 0.845. The van der Waals surface area contributed by atoms with Crippen molar-refractivity contribution in [3.63, 3.8) is 0 Å². The molecule has 10 heavy (non-hydrogen) atoms. The fraction of sp³-hybridized carbons (Fsp3) is 0.800. The molecular weight excluding hydrogens is 120 g/mol. The van der Waals surface area contributed by atoms with Gasteiger partial charge in [0.05, 0.1) is 0 Å². The van der Waals surface area contributed by atoms with E-state index in [-0.39, 0.29) is 0 Å². The average Bonchev–Trinajstić information content (AvgIpc) is 1.93. The smallest absolute Gasteiger partial charge is 0.0328 e. The second-order valence-corrected chi connectivity index (χ2v) is 2.42. The summed E-state index contributed by atoms with van der Waals surface area (Å²) >= 11 is 0. The molecule has 0 N–H and O–H groups in total.